The lowest BCUT2D eigenvalue weighted by Gasteiger charge is -2.02. The van der Waals surface area contributed by atoms with Gasteiger partial charge in [-0.05, 0) is 35.0 Å². The van der Waals surface area contributed by atoms with Crippen molar-refractivity contribution in [3.8, 4) is 5.75 Å². The third-order valence-corrected chi connectivity index (χ3v) is 3.80. The van der Waals surface area contributed by atoms with E-state index in [1.165, 1.54) is 0 Å². The first-order valence-electron chi connectivity index (χ1n) is 6.65. The second kappa shape index (κ2) is 5.48. The van der Waals surface area contributed by atoms with Crippen LogP contribution in [0.4, 0.5) is 0 Å². The highest BCUT2D eigenvalue weighted by Crippen LogP contribution is 2.19. The van der Waals surface area contributed by atoms with Gasteiger partial charge in [-0.15, -0.1) is 0 Å². The minimum atomic E-state index is 0.735. The number of ether oxygens (including phenoxy) is 1. The molecule has 3 aromatic rings. The SMILES string of the molecule is COc1ccc(C)n2nc(CCc3nc(Br)cn3C)nc12. The van der Waals surface area contributed by atoms with Gasteiger partial charge < -0.3 is 9.30 Å². The van der Waals surface area contributed by atoms with Crippen molar-refractivity contribution >= 4 is 21.6 Å². The standard InChI is InChI=1S/C14H16BrN5O/c1-9-4-5-10(21-3)14-17-12(18-20(9)14)6-7-13-16-11(15)8-19(13)2/h4-5,8H,6-7H2,1-3H3. The van der Waals surface area contributed by atoms with E-state index in [2.05, 4.69) is 31.0 Å². The number of pyridine rings is 1. The first-order chi connectivity index (χ1) is 10.1. The number of nitrogens with zero attached hydrogens (tertiary/aromatic N) is 5. The van der Waals surface area contributed by atoms with E-state index in [9.17, 15) is 0 Å². The van der Waals surface area contributed by atoms with Crippen LogP contribution in [0.1, 0.15) is 17.3 Å². The summed E-state index contributed by atoms with van der Waals surface area (Å²) in [6.45, 7) is 2.00. The molecule has 0 aliphatic heterocycles. The van der Waals surface area contributed by atoms with Crippen LogP contribution in [0.2, 0.25) is 0 Å². The van der Waals surface area contributed by atoms with Crippen LogP contribution in [0.3, 0.4) is 0 Å². The zero-order chi connectivity index (χ0) is 15.0. The maximum Gasteiger partial charge on any atom is 0.198 e. The molecule has 0 fully saturated rings. The molecule has 21 heavy (non-hydrogen) atoms. The highest BCUT2D eigenvalue weighted by atomic mass is 79.9. The number of halogens is 1. The number of rotatable bonds is 4. The molecule has 0 radical (unpaired) electrons. The normalized spacial score (nSPS) is 11.2. The molecule has 0 atom stereocenters. The van der Waals surface area contributed by atoms with E-state index >= 15 is 0 Å². The molecule has 0 aliphatic carbocycles. The Labute approximate surface area is 130 Å². The Morgan fingerprint density at radius 1 is 1.24 bits per heavy atom. The molecule has 0 N–H and O–H groups in total. The van der Waals surface area contributed by atoms with Crippen molar-refractivity contribution in [3.63, 3.8) is 0 Å². The Hall–Kier alpha value is -1.89. The average Bonchev–Trinajstić information content (AvgIpc) is 3.01. The summed E-state index contributed by atoms with van der Waals surface area (Å²) in [7, 11) is 3.63. The molecule has 0 unspecified atom stereocenters. The number of aryl methyl sites for hydroxylation is 4. The molecule has 6 nitrogen and oxygen atoms in total. The third-order valence-electron chi connectivity index (χ3n) is 3.42. The topological polar surface area (TPSA) is 57.2 Å². The quantitative estimate of drug-likeness (QED) is 0.725. The van der Waals surface area contributed by atoms with Crippen molar-refractivity contribution in [3.05, 3.63) is 40.3 Å². The van der Waals surface area contributed by atoms with E-state index in [1.807, 2.05) is 41.4 Å². The van der Waals surface area contributed by atoms with Crippen molar-refractivity contribution in [2.75, 3.05) is 7.11 Å². The van der Waals surface area contributed by atoms with Gasteiger partial charge in [-0.3, -0.25) is 0 Å². The van der Waals surface area contributed by atoms with E-state index in [-0.39, 0.29) is 0 Å². The smallest absolute Gasteiger partial charge is 0.198 e. The number of aromatic nitrogens is 5. The summed E-state index contributed by atoms with van der Waals surface area (Å²) in [5.74, 6) is 2.53. The lowest BCUT2D eigenvalue weighted by molar-refractivity contribution is 0.416. The predicted molar refractivity (Wildman–Crippen MR) is 82.6 cm³/mol. The minimum absolute atomic E-state index is 0.735. The Bertz CT molecular complexity index is 792. The van der Waals surface area contributed by atoms with Gasteiger partial charge in [0.2, 0.25) is 0 Å². The lowest BCUT2D eigenvalue weighted by atomic mass is 10.3. The van der Waals surface area contributed by atoms with Crippen molar-refractivity contribution in [1.29, 1.82) is 0 Å². The molecular formula is C14H16BrN5O. The summed E-state index contributed by atoms with van der Waals surface area (Å²) in [4.78, 5) is 9.00. The van der Waals surface area contributed by atoms with Gasteiger partial charge in [0.05, 0.1) is 7.11 Å². The maximum absolute atomic E-state index is 5.34. The summed E-state index contributed by atoms with van der Waals surface area (Å²) in [6, 6.07) is 3.89. The predicted octanol–water partition coefficient (Wildman–Crippen LogP) is 2.33. The molecular weight excluding hydrogens is 334 g/mol. The molecule has 3 aromatic heterocycles. The number of methoxy groups -OCH3 is 1. The van der Waals surface area contributed by atoms with Gasteiger partial charge in [0.25, 0.3) is 0 Å². The van der Waals surface area contributed by atoms with Crippen molar-refractivity contribution in [2.24, 2.45) is 7.05 Å². The molecule has 3 rings (SSSR count). The van der Waals surface area contributed by atoms with Crippen molar-refractivity contribution in [2.45, 2.75) is 19.8 Å². The second-order valence-corrected chi connectivity index (χ2v) is 5.71. The van der Waals surface area contributed by atoms with E-state index in [0.717, 1.165) is 46.2 Å². The largest absolute Gasteiger partial charge is 0.493 e. The van der Waals surface area contributed by atoms with Crippen LogP contribution in [0.25, 0.3) is 5.65 Å². The van der Waals surface area contributed by atoms with Crippen LogP contribution in [0.5, 0.6) is 5.75 Å². The molecule has 0 aliphatic rings. The van der Waals surface area contributed by atoms with Crippen LogP contribution in [0, 0.1) is 6.92 Å². The van der Waals surface area contributed by atoms with Crippen LogP contribution < -0.4 is 4.74 Å². The van der Waals surface area contributed by atoms with E-state index in [0.29, 0.717) is 0 Å². The summed E-state index contributed by atoms with van der Waals surface area (Å²) < 4.78 is 10.0. The number of hydrogen-bond donors (Lipinski definition) is 0. The molecule has 7 heteroatoms. The van der Waals surface area contributed by atoms with Crippen molar-refractivity contribution < 1.29 is 4.74 Å². The maximum atomic E-state index is 5.34. The van der Waals surface area contributed by atoms with Crippen LogP contribution in [0.15, 0.2) is 22.9 Å². The Balaban J connectivity index is 1.88. The van der Waals surface area contributed by atoms with Gasteiger partial charge in [-0.25, -0.2) is 14.5 Å². The zero-order valence-electron chi connectivity index (χ0n) is 12.2. The summed E-state index contributed by atoms with van der Waals surface area (Å²) in [5, 5.41) is 4.55. The average molecular weight is 350 g/mol. The molecule has 0 amide bonds. The molecule has 0 aromatic carbocycles. The van der Waals surface area contributed by atoms with Crippen LogP contribution in [-0.4, -0.2) is 31.3 Å². The molecule has 0 saturated carbocycles. The highest BCUT2D eigenvalue weighted by Gasteiger charge is 2.12. The molecule has 3 heterocycles. The summed E-state index contributed by atoms with van der Waals surface area (Å²) in [5.41, 5.74) is 1.79. The first kappa shape index (κ1) is 14.1. The van der Waals surface area contributed by atoms with Crippen LogP contribution in [-0.2, 0) is 19.9 Å². The monoisotopic (exact) mass is 349 g/mol. The fourth-order valence-electron chi connectivity index (χ4n) is 2.29. The number of hydrogen-bond acceptors (Lipinski definition) is 4. The highest BCUT2D eigenvalue weighted by molar-refractivity contribution is 9.10. The van der Waals surface area contributed by atoms with E-state index < -0.39 is 0 Å². The van der Waals surface area contributed by atoms with Gasteiger partial charge >= 0.3 is 0 Å². The fraction of sp³-hybridized carbons (Fsp3) is 0.357. The molecule has 0 spiro atoms. The molecule has 0 saturated heterocycles. The number of fused-ring (bicyclic) bond motifs is 1. The third kappa shape index (κ3) is 2.65. The van der Waals surface area contributed by atoms with Gasteiger partial charge in [0.15, 0.2) is 17.2 Å². The Morgan fingerprint density at radius 2 is 2.05 bits per heavy atom. The summed E-state index contributed by atoms with van der Waals surface area (Å²) in [6.07, 6.45) is 3.47. The zero-order valence-corrected chi connectivity index (χ0v) is 13.8. The Morgan fingerprint density at radius 3 is 2.71 bits per heavy atom. The van der Waals surface area contributed by atoms with Crippen molar-refractivity contribution in [1.82, 2.24) is 24.1 Å². The van der Waals surface area contributed by atoms with Gasteiger partial charge in [-0.1, -0.05) is 0 Å². The van der Waals surface area contributed by atoms with Gasteiger partial charge in [0, 0.05) is 31.8 Å². The minimum Gasteiger partial charge on any atom is -0.493 e. The number of imidazole rings is 1. The van der Waals surface area contributed by atoms with Crippen LogP contribution >= 0.6 is 15.9 Å². The first-order valence-corrected chi connectivity index (χ1v) is 7.45. The molecule has 110 valence electrons. The second-order valence-electron chi connectivity index (χ2n) is 4.90. The van der Waals surface area contributed by atoms with E-state index in [4.69, 9.17) is 4.74 Å². The van der Waals surface area contributed by atoms with Gasteiger partial charge in [0.1, 0.15) is 10.4 Å². The molecule has 0 bridgehead atoms. The van der Waals surface area contributed by atoms with E-state index in [1.54, 1.807) is 7.11 Å². The Kier molecular flexibility index (Phi) is 3.67. The fourth-order valence-corrected chi connectivity index (χ4v) is 2.80. The summed E-state index contributed by atoms with van der Waals surface area (Å²) >= 11 is 3.38. The lowest BCUT2D eigenvalue weighted by Crippen LogP contribution is -2.01. The van der Waals surface area contributed by atoms with Gasteiger partial charge in [-0.2, -0.15) is 5.10 Å².